The average molecular weight is 499 g/mol. The van der Waals surface area contributed by atoms with E-state index in [1.165, 1.54) is 19.2 Å². The van der Waals surface area contributed by atoms with Gasteiger partial charge in [0.1, 0.15) is 17.9 Å². The van der Waals surface area contributed by atoms with Crippen LogP contribution in [0.3, 0.4) is 0 Å². The zero-order chi connectivity index (χ0) is 22.6. The van der Waals surface area contributed by atoms with Gasteiger partial charge in [0.05, 0.1) is 13.3 Å². The quantitative estimate of drug-likeness (QED) is 0.188. The van der Waals surface area contributed by atoms with Crippen molar-refractivity contribution in [2.24, 2.45) is 5.10 Å². The molecule has 2 aromatic carbocycles. The first kappa shape index (κ1) is 23.3. The van der Waals surface area contributed by atoms with E-state index in [-0.39, 0.29) is 23.7 Å². The molecule has 4 nitrogen and oxygen atoms in total. The topological polar surface area (TPSA) is 42.8 Å². The van der Waals surface area contributed by atoms with E-state index in [0.29, 0.717) is 4.47 Å². The standard InChI is InChI=1S/C18H10BrF7N2O2/c1-3-4-30-17-8(5-9(19)6-10(17)29-2)7-27-28-16-14(22)12(20)11(18(24,25)26)13(21)15(16)23/h1,5-7,28H,4H2,2H3/b27-7+. The minimum Gasteiger partial charge on any atom is -0.493 e. The smallest absolute Gasteiger partial charge is 0.422 e. The molecule has 12 heteroatoms. The maximum atomic E-state index is 13.9. The van der Waals surface area contributed by atoms with Gasteiger partial charge in [-0.25, -0.2) is 17.6 Å². The van der Waals surface area contributed by atoms with Crippen LogP contribution in [0.15, 0.2) is 21.7 Å². The number of methoxy groups -OCH3 is 1. The van der Waals surface area contributed by atoms with Crippen LogP contribution in [-0.2, 0) is 6.18 Å². The van der Waals surface area contributed by atoms with Crippen LogP contribution in [0.4, 0.5) is 36.4 Å². The first-order valence-electron chi connectivity index (χ1n) is 7.68. The Balaban J connectivity index is 2.46. The highest BCUT2D eigenvalue weighted by atomic mass is 79.9. The number of terminal acetylenes is 1. The number of nitrogens with one attached hydrogen (secondary N) is 1. The van der Waals surface area contributed by atoms with Crippen molar-refractivity contribution in [2.45, 2.75) is 6.18 Å². The van der Waals surface area contributed by atoms with E-state index >= 15 is 0 Å². The molecule has 0 amide bonds. The summed E-state index contributed by atoms with van der Waals surface area (Å²) >= 11 is 3.18. The number of hydrogen-bond donors (Lipinski definition) is 1. The molecule has 1 N–H and O–H groups in total. The Morgan fingerprint density at radius 1 is 1.13 bits per heavy atom. The van der Waals surface area contributed by atoms with E-state index in [0.717, 1.165) is 6.21 Å². The molecule has 0 heterocycles. The molecule has 0 aliphatic rings. The number of alkyl halides is 3. The molecule has 0 spiro atoms. The Labute approximate surface area is 173 Å². The van der Waals surface area contributed by atoms with Crippen molar-refractivity contribution < 1.29 is 40.2 Å². The van der Waals surface area contributed by atoms with E-state index in [2.05, 4.69) is 27.0 Å². The molecule has 0 aliphatic heterocycles. The van der Waals surface area contributed by atoms with Crippen LogP contribution in [0.2, 0.25) is 0 Å². The molecule has 0 atom stereocenters. The summed E-state index contributed by atoms with van der Waals surface area (Å²) in [7, 11) is 1.32. The molecule has 160 valence electrons. The van der Waals surface area contributed by atoms with Gasteiger partial charge in [-0.15, -0.1) is 6.42 Å². The molecule has 0 saturated carbocycles. The lowest BCUT2D eigenvalue weighted by molar-refractivity contribution is -0.143. The molecule has 2 aromatic rings. The lowest BCUT2D eigenvalue weighted by Crippen LogP contribution is -2.16. The second-order valence-corrected chi connectivity index (χ2v) is 6.31. The lowest BCUT2D eigenvalue weighted by Gasteiger charge is -2.14. The fraction of sp³-hybridized carbons (Fsp3) is 0.167. The van der Waals surface area contributed by atoms with Crippen molar-refractivity contribution in [3.05, 3.63) is 51.0 Å². The first-order chi connectivity index (χ1) is 14.0. The third kappa shape index (κ3) is 4.79. The second-order valence-electron chi connectivity index (χ2n) is 5.39. The number of anilines is 1. The molecule has 0 aliphatic carbocycles. The third-order valence-electron chi connectivity index (χ3n) is 3.49. The van der Waals surface area contributed by atoms with Gasteiger partial charge in [-0.2, -0.15) is 18.3 Å². The molecular formula is C18H10BrF7N2O2. The lowest BCUT2D eigenvalue weighted by atomic mass is 10.1. The summed E-state index contributed by atoms with van der Waals surface area (Å²) in [6.07, 6.45) is 0.400. The van der Waals surface area contributed by atoms with Gasteiger partial charge in [-0.1, -0.05) is 21.9 Å². The molecule has 30 heavy (non-hydrogen) atoms. The van der Waals surface area contributed by atoms with Gasteiger partial charge in [0, 0.05) is 10.0 Å². The third-order valence-corrected chi connectivity index (χ3v) is 3.95. The maximum Gasteiger partial charge on any atom is 0.422 e. The van der Waals surface area contributed by atoms with Crippen LogP contribution in [0.5, 0.6) is 11.5 Å². The summed E-state index contributed by atoms with van der Waals surface area (Å²) in [5.41, 5.74) is -2.44. The second kappa shape index (κ2) is 9.25. The minimum absolute atomic E-state index is 0.0786. The summed E-state index contributed by atoms with van der Waals surface area (Å²) < 4.78 is 104. The van der Waals surface area contributed by atoms with Crippen molar-refractivity contribution in [2.75, 3.05) is 19.1 Å². The van der Waals surface area contributed by atoms with Crippen molar-refractivity contribution >= 4 is 27.8 Å². The SMILES string of the molecule is C#CCOc1c(/C=N/Nc2c(F)c(F)c(C(F)(F)F)c(F)c2F)cc(Br)cc1OC. The molecule has 0 aromatic heterocycles. The van der Waals surface area contributed by atoms with Gasteiger partial charge < -0.3 is 9.47 Å². The van der Waals surface area contributed by atoms with Gasteiger partial charge in [0.15, 0.2) is 34.8 Å². The van der Waals surface area contributed by atoms with E-state index in [4.69, 9.17) is 15.9 Å². The number of hydrazone groups is 1. The van der Waals surface area contributed by atoms with Crippen molar-refractivity contribution in [1.82, 2.24) is 0 Å². The summed E-state index contributed by atoms with van der Waals surface area (Å²) in [6, 6.07) is 2.94. The minimum atomic E-state index is -5.65. The van der Waals surface area contributed by atoms with Crippen LogP contribution in [-0.4, -0.2) is 19.9 Å². The number of rotatable bonds is 6. The van der Waals surface area contributed by atoms with E-state index in [1.54, 1.807) is 5.43 Å². The molecule has 0 bridgehead atoms. The highest BCUT2D eigenvalue weighted by molar-refractivity contribution is 9.10. The highest BCUT2D eigenvalue weighted by Gasteiger charge is 2.42. The van der Waals surface area contributed by atoms with Gasteiger partial charge >= 0.3 is 6.18 Å². The Kier molecular flexibility index (Phi) is 7.20. The predicted octanol–water partition coefficient (Wildman–Crippen LogP) is 5.49. The zero-order valence-corrected chi connectivity index (χ0v) is 16.4. The normalized spacial score (nSPS) is 11.5. The number of hydrogen-bond acceptors (Lipinski definition) is 4. The number of ether oxygens (including phenoxy) is 2. The van der Waals surface area contributed by atoms with Crippen LogP contribution < -0.4 is 14.9 Å². The average Bonchev–Trinajstić information content (AvgIpc) is 2.66. The van der Waals surface area contributed by atoms with Crippen molar-refractivity contribution in [3.8, 4) is 23.8 Å². The zero-order valence-electron chi connectivity index (χ0n) is 14.8. The van der Waals surface area contributed by atoms with Crippen LogP contribution in [0.1, 0.15) is 11.1 Å². The van der Waals surface area contributed by atoms with E-state index in [1.807, 2.05) is 0 Å². The van der Waals surface area contributed by atoms with E-state index in [9.17, 15) is 30.7 Å². The Morgan fingerprint density at radius 2 is 1.73 bits per heavy atom. The Hall–Kier alpha value is -2.94. The van der Waals surface area contributed by atoms with Gasteiger partial charge in [0.25, 0.3) is 0 Å². The number of halogens is 8. The summed E-state index contributed by atoms with van der Waals surface area (Å²) in [6.45, 7) is -0.176. The fourth-order valence-corrected chi connectivity index (χ4v) is 2.70. The first-order valence-corrected chi connectivity index (χ1v) is 8.48. The van der Waals surface area contributed by atoms with Crippen LogP contribution in [0, 0.1) is 35.6 Å². The number of nitrogens with zero attached hydrogens (tertiary/aromatic N) is 1. The van der Waals surface area contributed by atoms with Gasteiger partial charge in [0.2, 0.25) is 0 Å². The molecule has 2 rings (SSSR count). The summed E-state index contributed by atoms with van der Waals surface area (Å²) in [4.78, 5) is 0. The van der Waals surface area contributed by atoms with E-state index < -0.39 is 40.7 Å². The number of benzene rings is 2. The van der Waals surface area contributed by atoms with Gasteiger partial charge in [-0.3, -0.25) is 5.43 Å². The van der Waals surface area contributed by atoms with Crippen LogP contribution >= 0.6 is 15.9 Å². The van der Waals surface area contributed by atoms with Crippen molar-refractivity contribution in [1.29, 1.82) is 0 Å². The maximum absolute atomic E-state index is 13.9. The Morgan fingerprint density at radius 3 is 2.23 bits per heavy atom. The predicted molar refractivity (Wildman–Crippen MR) is 97.5 cm³/mol. The highest BCUT2D eigenvalue weighted by Crippen LogP contribution is 2.38. The molecule has 0 unspecified atom stereocenters. The van der Waals surface area contributed by atoms with Crippen molar-refractivity contribution in [3.63, 3.8) is 0 Å². The molecule has 0 fully saturated rings. The summed E-state index contributed by atoms with van der Waals surface area (Å²) in [5, 5.41) is 3.42. The van der Waals surface area contributed by atoms with Gasteiger partial charge in [-0.05, 0) is 12.1 Å². The van der Waals surface area contributed by atoms with Crippen LogP contribution in [0.25, 0.3) is 0 Å². The molecular weight excluding hydrogens is 489 g/mol. The molecule has 0 saturated heterocycles. The summed E-state index contributed by atoms with van der Waals surface area (Å²) in [5.74, 6) is -7.32. The largest absolute Gasteiger partial charge is 0.493 e. The molecule has 0 radical (unpaired) electrons. The monoisotopic (exact) mass is 498 g/mol. The Bertz CT molecular complexity index is 1000. The fourth-order valence-electron chi connectivity index (χ4n) is 2.25.